The van der Waals surface area contributed by atoms with Gasteiger partial charge in [0.25, 0.3) is 0 Å². The molecule has 0 saturated heterocycles. The lowest BCUT2D eigenvalue weighted by Crippen LogP contribution is -2.01. The number of unbranched alkanes of at least 4 members (excludes halogenated alkanes) is 15. The molecule has 0 bridgehead atoms. The maximum Gasteiger partial charge on any atom is 0.119 e. The van der Waals surface area contributed by atoms with Crippen LogP contribution in [0.25, 0.3) is 0 Å². The molecule has 2 nitrogen and oxygen atoms in total. The first kappa shape index (κ1) is 23.9. The average molecular weight is 376 g/mol. The van der Waals surface area contributed by atoms with Gasteiger partial charge in [-0.1, -0.05) is 103 Å². The van der Waals surface area contributed by atoms with Crippen molar-refractivity contribution >= 4 is 5.69 Å². The van der Waals surface area contributed by atoms with Crippen molar-refractivity contribution in [2.24, 2.45) is 0 Å². The molecule has 0 saturated carbocycles. The highest BCUT2D eigenvalue weighted by atomic mass is 16.5. The summed E-state index contributed by atoms with van der Waals surface area (Å²) in [6.45, 7) is 3.37. The van der Waals surface area contributed by atoms with E-state index < -0.39 is 0 Å². The zero-order valence-electron chi connectivity index (χ0n) is 18.2. The molecule has 0 amide bonds. The summed E-state index contributed by atoms with van der Waals surface area (Å²) in [5.74, 6) is 0.919. The molecule has 0 radical (unpaired) electrons. The summed E-state index contributed by atoms with van der Waals surface area (Å²) < 4.78 is 5.18. The molecule has 1 aromatic carbocycles. The van der Waals surface area contributed by atoms with E-state index in [2.05, 4.69) is 24.4 Å². The van der Waals surface area contributed by atoms with Crippen molar-refractivity contribution in [3.63, 3.8) is 0 Å². The summed E-state index contributed by atoms with van der Waals surface area (Å²) in [4.78, 5) is 0. The summed E-state index contributed by atoms with van der Waals surface area (Å²) >= 11 is 0. The number of benzene rings is 1. The van der Waals surface area contributed by atoms with Crippen molar-refractivity contribution in [2.45, 2.75) is 110 Å². The van der Waals surface area contributed by atoms with Crippen LogP contribution in [0.15, 0.2) is 24.3 Å². The third kappa shape index (κ3) is 14.5. The van der Waals surface area contributed by atoms with E-state index in [0.717, 1.165) is 12.3 Å². The van der Waals surface area contributed by atoms with Crippen LogP contribution in [0.4, 0.5) is 5.69 Å². The van der Waals surface area contributed by atoms with E-state index in [4.69, 9.17) is 4.74 Å². The van der Waals surface area contributed by atoms with Crippen LogP contribution in [0.3, 0.4) is 0 Å². The van der Waals surface area contributed by atoms with Crippen molar-refractivity contribution in [1.82, 2.24) is 0 Å². The molecule has 1 aromatic rings. The first-order chi connectivity index (χ1) is 13.4. The molecule has 0 aliphatic rings. The van der Waals surface area contributed by atoms with Gasteiger partial charge in [-0.15, -0.1) is 0 Å². The fourth-order valence-corrected chi connectivity index (χ4v) is 3.61. The van der Waals surface area contributed by atoms with Crippen molar-refractivity contribution < 1.29 is 4.74 Å². The van der Waals surface area contributed by atoms with Gasteiger partial charge in [0, 0.05) is 12.2 Å². The lowest BCUT2D eigenvalue weighted by Gasteiger charge is -2.07. The Morgan fingerprint density at radius 3 is 1.41 bits per heavy atom. The molecule has 0 fully saturated rings. The van der Waals surface area contributed by atoms with Gasteiger partial charge in [-0.25, -0.2) is 0 Å². The van der Waals surface area contributed by atoms with Gasteiger partial charge in [-0.3, -0.25) is 0 Å². The zero-order valence-corrected chi connectivity index (χ0v) is 18.2. The SMILES string of the molecule is CCCCCCCCCCCCCCCCCCNc1ccc(OC)cc1. The quantitative estimate of drug-likeness (QED) is 0.245. The van der Waals surface area contributed by atoms with Crippen LogP contribution in [-0.2, 0) is 0 Å². The Hall–Kier alpha value is -1.18. The second-order valence-corrected chi connectivity index (χ2v) is 7.96. The largest absolute Gasteiger partial charge is 0.497 e. The van der Waals surface area contributed by atoms with Gasteiger partial charge in [0.2, 0.25) is 0 Å². The monoisotopic (exact) mass is 375 g/mol. The van der Waals surface area contributed by atoms with Crippen LogP contribution in [0, 0.1) is 0 Å². The summed E-state index contributed by atoms with van der Waals surface area (Å²) in [5.41, 5.74) is 1.19. The standard InChI is InChI=1S/C25H45NO/c1-3-4-5-6-7-8-9-10-11-12-13-14-15-16-17-18-23-26-24-19-21-25(27-2)22-20-24/h19-22,26H,3-18,23H2,1-2H3. The predicted octanol–water partition coefficient (Wildman–Crippen LogP) is 8.37. The van der Waals surface area contributed by atoms with E-state index in [1.165, 1.54) is 108 Å². The third-order valence-electron chi connectivity index (χ3n) is 5.45. The normalized spacial score (nSPS) is 10.9. The van der Waals surface area contributed by atoms with Gasteiger partial charge in [0.05, 0.1) is 7.11 Å². The summed E-state index contributed by atoms with van der Waals surface area (Å²) in [6.07, 6.45) is 22.8. The zero-order chi connectivity index (χ0) is 19.4. The van der Waals surface area contributed by atoms with Gasteiger partial charge in [0.15, 0.2) is 0 Å². The Morgan fingerprint density at radius 2 is 1.00 bits per heavy atom. The van der Waals surface area contributed by atoms with Crippen LogP contribution < -0.4 is 10.1 Å². The minimum absolute atomic E-state index is 0.919. The van der Waals surface area contributed by atoms with Crippen molar-refractivity contribution in [2.75, 3.05) is 19.0 Å². The Balaban J connectivity index is 1.75. The van der Waals surface area contributed by atoms with Gasteiger partial charge >= 0.3 is 0 Å². The molecule has 2 heteroatoms. The molecule has 0 atom stereocenters. The van der Waals surface area contributed by atoms with Crippen LogP contribution in [0.1, 0.15) is 110 Å². The van der Waals surface area contributed by atoms with E-state index in [0.29, 0.717) is 0 Å². The minimum Gasteiger partial charge on any atom is -0.497 e. The number of ether oxygens (including phenoxy) is 1. The first-order valence-electron chi connectivity index (χ1n) is 11.7. The van der Waals surface area contributed by atoms with Crippen LogP contribution in [0.2, 0.25) is 0 Å². The van der Waals surface area contributed by atoms with Crippen molar-refractivity contribution in [1.29, 1.82) is 0 Å². The molecule has 0 aliphatic heterocycles. The topological polar surface area (TPSA) is 21.3 Å². The Bertz CT molecular complexity index is 415. The smallest absolute Gasteiger partial charge is 0.119 e. The van der Waals surface area contributed by atoms with E-state index >= 15 is 0 Å². The Kier molecular flexibility index (Phi) is 16.1. The highest BCUT2D eigenvalue weighted by molar-refractivity contribution is 5.46. The minimum atomic E-state index is 0.919. The number of hydrogen-bond acceptors (Lipinski definition) is 2. The summed E-state index contributed by atoms with van der Waals surface area (Å²) in [6, 6.07) is 8.20. The maximum atomic E-state index is 5.18. The highest BCUT2D eigenvalue weighted by Gasteiger charge is 1.96. The van der Waals surface area contributed by atoms with Crippen LogP contribution in [-0.4, -0.2) is 13.7 Å². The summed E-state index contributed by atoms with van der Waals surface area (Å²) in [5, 5.41) is 3.49. The summed E-state index contributed by atoms with van der Waals surface area (Å²) in [7, 11) is 1.71. The molecule has 1 N–H and O–H groups in total. The number of methoxy groups -OCH3 is 1. The van der Waals surface area contributed by atoms with E-state index in [1.807, 2.05) is 12.1 Å². The lowest BCUT2D eigenvalue weighted by molar-refractivity contribution is 0.415. The van der Waals surface area contributed by atoms with Crippen LogP contribution in [0.5, 0.6) is 5.75 Å². The van der Waals surface area contributed by atoms with E-state index in [1.54, 1.807) is 7.11 Å². The molecular weight excluding hydrogens is 330 g/mol. The molecule has 1 rings (SSSR count). The maximum absolute atomic E-state index is 5.18. The first-order valence-corrected chi connectivity index (χ1v) is 11.7. The molecule has 0 aromatic heterocycles. The van der Waals surface area contributed by atoms with Gasteiger partial charge in [0.1, 0.15) is 5.75 Å². The van der Waals surface area contributed by atoms with Crippen LogP contribution >= 0.6 is 0 Å². The number of nitrogens with one attached hydrogen (secondary N) is 1. The van der Waals surface area contributed by atoms with Crippen molar-refractivity contribution in [3.8, 4) is 5.75 Å². The van der Waals surface area contributed by atoms with Gasteiger partial charge in [-0.05, 0) is 30.7 Å². The Labute approximate surface area is 169 Å². The molecule has 0 aliphatic carbocycles. The number of hydrogen-bond donors (Lipinski definition) is 1. The fourth-order valence-electron chi connectivity index (χ4n) is 3.61. The second kappa shape index (κ2) is 18.2. The molecule has 0 spiro atoms. The van der Waals surface area contributed by atoms with E-state index in [9.17, 15) is 0 Å². The molecular formula is C25H45NO. The highest BCUT2D eigenvalue weighted by Crippen LogP contribution is 2.16. The number of anilines is 1. The van der Waals surface area contributed by atoms with Gasteiger partial charge in [-0.2, -0.15) is 0 Å². The fraction of sp³-hybridized carbons (Fsp3) is 0.760. The predicted molar refractivity (Wildman–Crippen MR) is 121 cm³/mol. The van der Waals surface area contributed by atoms with Crippen molar-refractivity contribution in [3.05, 3.63) is 24.3 Å². The van der Waals surface area contributed by atoms with E-state index in [-0.39, 0.29) is 0 Å². The lowest BCUT2D eigenvalue weighted by atomic mass is 10.0. The molecule has 0 unspecified atom stereocenters. The average Bonchev–Trinajstić information content (AvgIpc) is 2.70. The molecule has 156 valence electrons. The molecule has 0 heterocycles. The van der Waals surface area contributed by atoms with Gasteiger partial charge < -0.3 is 10.1 Å². The Morgan fingerprint density at radius 1 is 0.593 bits per heavy atom. The molecule has 27 heavy (non-hydrogen) atoms. The number of rotatable bonds is 19. The third-order valence-corrected chi connectivity index (χ3v) is 5.45. The second-order valence-electron chi connectivity index (χ2n) is 7.96.